The first-order valence-electron chi connectivity index (χ1n) is 34.8. The summed E-state index contributed by atoms with van der Waals surface area (Å²) in [6, 6.07) is 21.6. The number of aromatic nitrogens is 7. The molecule has 8 aliphatic rings. The van der Waals surface area contributed by atoms with Crippen LogP contribution in [0.3, 0.4) is 0 Å². The molecule has 114 heavy (non-hydrogen) atoms. The number of methoxy groups -OCH3 is 2. The number of aromatic carboxylic acids is 1. The second-order valence-electron chi connectivity index (χ2n) is 27.5. The van der Waals surface area contributed by atoms with Crippen LogP contribution < -0.4 is 78.5 Å². The molecule has 0 saturated heterocycles. The maximum absolute atomic E-state index is 13.0. The maximum Gasteiger partial charge on any atom is 0.412 e. The number of carboxylic acid groups (broad SMARTS) is 1. The van der Waals surface area contributed by atoms with Crippen molar-refractivity contribution in [2.75, 3.05) is 42.5 Å². The number of rotatable bonds is 11. The number of ether oxygens (including phenoxy) is 3. The Morgan fingerprint density at radius 2 is 0.649 bits per heavy atom. The molecule has 8 saturated carbocycles. The molecule has 8 heterocycles. The van der Waals surface area contributed by atoms with E-state index in [-0.39, 0.29) is 122 Å². The first-order valence-corrected chi connectivity index (χ1v) is 34.8. The molecule has 16 atom stereocenters. The Kier molecular flexibility index (Phi) is 31.9. The molecule has 8 aliphatic carbocycles. The molecule has 0 aliphatic heterocycles. The number of carbonyl (C=O) groups excluding carboxylic acids is 3. The van der Waals surface area contributed by atoms with Gasteiger partial charge in [0.05, 0.1) is 85.5 Å². The highest BCUT2D eigenvalue weighted by Gasteiger charge is 2.44. The lowest BCUT2D eigenvalue weighted by molar-refractivity contribution is 0.0587. The number of amides is 1. The molecule has 16 rings (SSSR count). The van der Waals surface area contributed by atoms with Gasteiger partial charge in [0.1, 0.15) is 77.4 Å². The zero-order chi connectivity index (χ0) is 82.5. The van der Waals surface area contributed by atoms with Gasteiger partial charge in [0.25, 0.3) is 38.9 Å². The Labute approximate surface area is 654 Å². The normalized spacial score (nSPS) is 24.2. The molecule has 0 aromatic carbocycles. The number of esters is 2. The summed E-state index contributed by atoms with van der Waals surface area (Å²) in [5.74, 6) is -2.65. The summed E-state index contributed by atoms with van der Waals surface area (Å²) in [5, 5.41) is 11.0. The number of alkyl halides is 8. The van der Waals surface area contributed by atoms with Crippen molar-refractivity contribution in [3.8, 4) is 0 Å². The number of carbonyl (C=O) groups is 4. The summed E-state index contributed by atoms with van der Waals surface area (Å²) < 4.78 is 128. The highest BCUT2D eigenvalue weighted by atomic mass is 35.5. The van der Waals surface area contributed by atoms with E-state index in [2.05, 4.69) is 19.2 Å². The van der Waals surface area contributed by atoms with Gasteiger partial charge in [-0.3, -0.25) is 38.9 Å². The van der Waals surface area contributed by atoms with Gasteiger partial charge in [-0.2, -0.15) is 0 Å². The lowest BCUT2D eigenvalue weighted by Gasteiger charge is -2.19. The molecule has 30 nitrogen and oxygen atoms in total. The van der Waals surface area contributed by atoms with Gasteiger partial charge < -0.3 is 84.4 Å². The van der Waals surface area contributed by atoms with Crippen molar-refractivity contribution in [1.29, 1.82) is 0 Å². The summed E-state index contributed by atoms with van der Waals surface area (Å²) in [4.78, 5) is 135. The summed E-state index contributed by atoms with van der Waals surface area (Å²) in [6.45, 7) is 5.19. The van der Waals surface area contributed by atoms with Crippen LogP contribution in [0.5, 0.6) is 0 Å². The van der Waals surface area contributed by atoms with Crippen molar-refractivity contribution in [3.63, 3.8) is 0 Å². The van der Waals surface area contributed by atoms with Crippen molar-refractivity contribution in [2.45, 2.75) is 175 Å². The van der Waals surface area contributed by atoms with Crippen LogP contribution in [0.1, 0.15) is 146 Å². The lowest BCUT2D eigenvalue weighted by Crippen LogP contribution is -2.30. The minimum Gasteiger partial charge on any atom is -0.477 e. The van der Waals surface area contributed by atoms with Crippen LogP contribution >= 0.6 is 24.8 Å². The van der Waals surface area contributed by atoms with Crippen LogP contribution in [0.25, 0.3) is 0 Å². The largest absolute Gasteiger partial charge is 0.477 e. The average molecular weight is 1650 g/mol. The van der Waals surface area contributed by atoms with Crippen molar-refractivity contribution in [1.82, 2.24) is 32.0 Å². The number of carboxylic acids is 1. The Bertz CT molecular complexity index is 4920. The fraction of sp³-hybridized carbons (Fsp3) is 0.405. The van der Waals surface area contributed by atoms with Gasteiger partial charge in [-0.25, -0.2) is 59.1 Å². The summed E-state index contributed by atoms with van der Waals surface area (Å²) in [6.07, 6.45) is 7.38. The van der Waals surface area contributed by atoms with E-state index in [1.54, 1.807) is 82.0 Å². The third-order valence-corrected chi connectivity index (χ3v) is 17.4. The molecular formula is C74H85Cl2F8N13O17. The second kappa shape index (κ2) is 39.8. The molecule has 12 N–H and O–H groups in total. The number of hydrogen-bond acceptors (Lipinski definition) is 21. The molecule has 0 radical (unpaired) electrons. The van der Waals surface area contributed by atoms with Gasteiger partial charge in [0.15, 0.2) is 0 Å². The topological polar surface area (TPSA) is 443 Å². The first kappa shape index (κ1) is 91.3. The third kappa shape index (κ3) is 25.2. The SMILES string of the molecule is CC(C)(C)OC(=O)Nc1cccn(C2C[C@H]2F)c1=O.COC(=O)c1cccn(C2C[C@H]2F)c1=O.COC(=O)c1cccoc1=O.Cl.Cl.N[C@@H]1C[C@H]1F.Nc1cccn(C2C[C@H]2F)c1=O.Nc1cccn(C2C[C@H]2F)c1=O.Nc1cccn([C@@H]2C[C@H]2F)c1=O.Nc1cccn([C@H]2C[C@@H]2F)c1=O.O=C(O)c1cccn(C2C[C@H]2F)c1=O. The molecule has 8 aromatic rings. The van der Waals surface area contributed by atoms with Gasteiger partial charge in [-0.15, -0.1) is 24.8 Å². The minimum atomic E-state index is -1.28. The van der Waals surface area contributed by atoms with E-state index in [4.69, 9.17) is 38.5 Å². The van der Waals surface area contributed by atoms with E-state index in [9.17, 15) is 92.7 Å². The average Bonchev–Trinajstić information content (AvgIpc) is 1.67. The maximum atomic E-state index is 13.0. The van der Waals surface area contributed by atoms with Crippen LogP contribution in [-0.4, -0.2) is 136 Å². The van der Waals surface area contributed by atoms with Gasteiger partial charge in [0, 0.05) is 94.4 Å². The Hall–Kier alpha value is -11.5. The summed E-state index contributed by atoms with van der Waals surface area (Å²) in [7, 11) is 2.41. The van der Waals surface area contributed by atoms with Crippen molar-refractivity contribution >= 4 is 77.3 Å². The predicted octanol–water partition coefficient (Wildman–Crippen LogP) is 8.40. The second-order valence-corrected chi connectivity index (χ2v) is 27.5. The highest BCUT2D eigenvalue weighted by Crippen LogP contribution is 2.42. The molecule has 8 fully saturated rings. The number of nitrogen functional groups attached to an aromatic ring is 4. The number of nitrogens with zero attached hydrogens (tertiary/aromatic N) is 7. The fourth-order valence-corrected chi connectivity index (χ4v) is 10.3. The van der Waals surface area contributed by atoms with Crippen molar-refractivity contribution in [3.05, 3.63) is 246 Å². The lowest BCUT2D eigenvalue weighted by atomic mass is 10.2. The van der Waals surface area contributed by atoms with E-state index in [1.165, 1.54) is 127 Å². The standard InChI is InChI=1S/C13H17FN2O3.C10H10FNO3.C9H8FNO3.4C8H9FN2O.C7H6O4.C3H6FN.2ClH/c1-13(2,3)19-12(18)15-9-5-4-6-16(11(9)17)10-7-8(10)14;1-15-10(14)6-3-2-4-12(9(6)13)8-5-7(8)11;10-6-4-7(6)11-3-1-2-5(8(11)12)9(13)14;4*9-5-4-7(5)11-3-1-2-6(10)8(11)12;1-10-6(8)5-3-2-4-11-7(5)9;4-2-1-3(2)5;;/h4-6,8,10H,7H2,1-3H3,(H,15,18);2-4,7-8H,5H2,1H3;1-3,6-7H,4H2,(H,13,14);4*1-3,5,7H,4,10H2;2-4H,1H3;2-3H,1,5H2;2*1H/t8-,10?;7-,8?;6-,7?;2*5-,7?;2*5-,7-;;2-,3-;;/m1111110.1../s1. The van der Waals surface area contributed by atoms with E-state index in [1.807, 2.05) is 0 Å². The predicted molar refractivity (Wildman–Crippen MR) is 409 cm³/mol. The van der Waals surface area contributed by atoms with E-state index in [0.717, 1.165) is 4.57 Å². The van der Waals surface area contributed by atoms with Crippen LogP contribution in [0.4, 0.5) is 68.4 Å². The Morgan fingerprint density at radius 1 is 0.404 bits per heavy atom. The number of hydrogen-bond donors (Lipinski definition) is 7. The van der Waals surface area contributed by atoms with Crippen LogP contribution in [-0.2, 0) is 14.2 Å². The zero-order valence-electron chi connectivity index (χ0n) is 61.6. The molecular weight excluding hydrogens is 1570 g/mol. The molecule has 5 unspecified atom stereocenters. The molecule has 40 heteroatoms. The van der Waals surface area contributed by atoms with Crippen molar-refractivity contribution in [2.24, 2.45) is 5.73 Å². The zero-order valence-corrected chi connectivity index (χ0v) is 63.2. The first-order chi connectivity index (χ1) is 52.9. The van der Waals surface area contributed by atoms with Crippen LogP contribution in [0.15, 0.2) is 189 Å². The number of nitrogens with two attached hydrogens (primary N) is 5. The Morgan fingerprint density at radius 3 is 0.912 bits per heavy atom. The number of anilines is 5. The molecule has 0 bridgehead atoms. The fourth-order valence-electron chi connectivity index (χ4n) is 10.3. The Balaban J connectivity index is 0.000000201. The minimum absolute atomic E-state index is 0. The number of pyridine rings is 7. The molecule has 618 valence electrons. The van der Waals surface area contributed by atoms with E-state index >= 15 is 0 Å². The number of nitrogens with one attached hydrogen (secondary N) is 1. The molecule has 8 aromatic heterocycles. The molecule has 0 spiro atoms. The molecule has 1 amide bonds. The van der Waals surface area contributed by atoms with Gasteiger partial charge in [-0.05, 0) is 124 Å². The van der Waals surface area contributed by atoms with E-state index in [0.29, 0.717) is 51.4 Å². The van der Waals surface area contributed by atoms with Gasteiger partial charge in [0.2, 0.25) is 0 Å². The monoisotopic (exact) mass is 1650 g/mol. The van der Waals surface area contributed by atoms with Crippen molar-refractivity contribution < 1.29 is 78.0 Å². The number of halogens is 10. The van der Waals surface area contributed by atoms with E-state index < -0.39 is 119 Å². The van der Waals surface area contributed by atoms with Crippen LogP contribution in [0.2, 0.25) is 0 Å². The summed E-state index contributed by atoms with van der Waals surface area (Å²) in [5.41, 5.74) is 22.8. The van der Waals surface area contributed by atoms with Gasteiger partial charge >= 0.3 is 29.6 Å². The highest BCUT2D eigenvalue weighted by molar-refractivity contribution is 5.89. The quantitative estimate of drug-likeness (QED) is 0.0363. The van der Waals surface area contributed by atoms with Crippen LogP contribution in [0, 0.1) is 0 Å². The smallest absolute Gasteiger partial charge is 0.412 e. The summed E-state index contributed by atoms with van der Waals surface area (Å²) >= 11 is 0. The third-order valence-electron chi connectivity index (χ3n) is 17.4. The van der Waals surface area contributed by atoms with Gasteiger partial charge in [-0.1, -0.05) is 0 Å².